The van der Waals surface area contributed by atoms with Crippen molar-refractivity contribution in [1.82, 2.24) is 15.2 Å². The number of rotatable bonds is 7. The Kier molecular flexibility index (Phi) is 6.23. The van der Waals surface area contributed by atoms with Gasteiger partial charge >= 0.3 is 11.9 Å². The fourth-order valence-corrected chi connectivity index (χ4v) is 3.22. The molecule has 1 amide bonds. The number of carbonyl (C=O) groups excluding carboxylic acids is 1. The van der Waals surface area contributed by atoms with Crippen LogP contribution >= 0.6 is 0 Å². The van der Waals surface area contributed by atoms with Crippen LogP contribution in [0.2, 0.25) is 0 Å². The van der Waals surface area contributed by atoms with Gasteiger partial charge in [0.2, 0.25) is 0 Å². The molecule has 0 unspecified atom stereocenters. The maximum atomic E-state index is 12.7. The molecule has 1 aromatic carbocycles. The molecule has 0 spiro atoms. The van der Waals surface area contributed by atoms with Gasteiger partial charge in [0.05, 0.1) is 21.7 Å². The third-order valence-corrected chi connectivity index (χ3v) is 5.12. The molecule has 1 aromatic heterocycles. The van der Waals surface area contributed by atoms with Crippen LogP contribution in [-0.4, -0.2) is 56.5 Å². The average molecular weight is 474 g/mol. The lowest BCUT2D eigenvalue weighted by molar-refractivity contribution is -0.129. The zero-order chi connectivity index (χ0) is 24.3. The average Bonchev–Trinajstić information content (AvgIpc) is 3.27. The Balaban J connectivity index is 1.90. The van der Waals surface area contributed by atoms with Crippen molar-refractivity contribution in [3.05, 3.63) is 75.8 Å². The van der Waals surface area contributed by atoms with Gasteiger partial charge in [-0.25, -0.2) is 19.7 Å². The summed E-state index contributed by atoms with van der Waals surface area (Å²) in [7, 11) is -4.44. The molecular weight excluding hydrogens is 460 g/mol. The molecule has 0 fully saturated rings. The van der Waals surface area contributed by atoms with Crippen molar-refractivity contribution in [2.45, 2.75) is 4.90 Å². The number of carboxylic acids is 2. The number of aromatic nitrogens is 2. The maximum Gasteiger partial charge on any atom is 0.357 e. The molecular formula is C19H14N4O9S. The summed E-state index contributed by atoms with van der Waals surface area (Å²) >= 11 is 0. The molecule has 0 atom stereocenters. The summed E-state index contributed by atoms with van der Waals surface area (Å²) in [6, 6.07) is 4.47. The number of carboxylic acid groups (broad SMARTS) is 2. The summed E-state index contributed by atoms with van der Waals surface area (Å²) in [4.78, 5) is 46.4. The molecule has 14 heteroatoms. The molecule has 1 aliphatic rings. The zero-order valence-electron chi connectivity index (χ0n) is 16.3. The highest BCUT2D eigenvalue weighted by Gasteiger charge is 2.27. The molecule has 13 nitrogen and oxygen atoms in total. The van der Waals surface area contributed by atoms with Gasteiger partial charge in [0, 0.05) is 0 Å². The minimum absolute atomic E-state index is 0.113. The molecule has 33 heavy (non-hydrogen) atoms. The Morgan fingerprint density at radius 3 is 2.24 bits per heavy atom. The number of H-pyrrole nitrogens is 1. The molecule has 0 aliphatic carbocycles. The van der Waals surface area contributed by atoms with Crippen LogP contribution in [0.4, 0.5) is 0 Å². The SMILES string of the molecule is O=C(O)C1=NNC(=O)/C1=C\C=CC=Cc1c(C(=O)O)[nH]n(-c2ccc(S(=O)(=O)O)cc2)c1=O. The van der Waals surface area contributed by atoms with Crippen molar-refractivity contribution in [3.63, 3.8) is 0 Å². The van der Waals surface area contributed by atoms with Crippen LogP contribution in [0.3, 0.4) is 0 Å². The monoisotopic (exact) mass is 474 g/mol. The van der Waals surface area contributed by atoms with Gasteiger partial charge in [-0.3, -0.25) is 19.2 Å². The Morgan fingerprint density at radius 1 is 1.00 bits per heavy atom. The van der Waals surface area contributed by atoms with E-state index < -0.39 is 49.8 Å². The minimum Gasteiger partial charge on any atom is -0.477 e. The Hall–Kier alpha value is -4.56. The lowest BCUT2D eigenvalue weighted by Crippen LogP contribution is -2.17. The molecule has 5 N–H and O–H groups in total. The van der Waals surface area contributed by atoms with Crippen LogP contribution in [0.1, 0.15) is 16.1 Å². The van der Waals surface area contributed by atoms with E-state index in [1.165, 1.54) is 42.5 Å². The Bertz CT molecular complexity index is 1440. The first-order valence-corrected chi connectivity index (χ1v) is 10.3. The number of benzene rings is 1. The number of hydrazone groups is 1. The second-order valence-electron chi connectivity index (χ2n) is 6.35. The fourth-order valence-electron chi connectivity index (χ4n) is 2.74. The molecule has 170 valence electrons. The van der Waals surface area contributed by atoms with Crippen molar-refractivity contribution >= 4 is 39.8 Å². The summed E-state index contributed by atoms with van der Waals surface area (Å²) in [6.07, 6.45) is 6.30. The molecule has 0 bridgehead atoms. The number of nitrogens with zero attached hydrogens (tertiary/aromatic N) is 2. The van der Waals surface area contributed by atoms with Gasteiger partial charge in [-0.1, -0.05) is 18.2 Å². The number of aromatic carboxylic acids is 1. The topological polar surface area (TPSA) is 208 Å². The molecule has 2 aromatic rings. The van der Waals surface area contributed by atoms with Gasteiger partial charge in [0.1, 0.15) is 0 Å². The van der Waals surface area contributed by atoms with Gasteiger partial charge in [0.25, 0.3) is 21.6 Å². The van der Waals surface area contributed by atoms with Gasteiger partial charge in [-0.05, 0) is 36.4 Å². The standard InChI is InChI=1S/C19H14N4O9S/c24-16-12(14(18(26)27)20-21-16)4-2-1-3-5-13-15(19(28)29)22-23(17(13)25)10-6-8-11(9-7-10)33(30,31)32/h1-9,22H,(H,21,24)(H,26,27)(H,28,29)(H,30,31,32)/b2-1?,5-3?,12-4-. The van der Waals surface area contributed by atoms with Crippen molar-refractivity contribution < 1.29 is 37.6 Å². The number of aliphatic carboxylic acids is 1. The zero-order valence-corrected chi connectivity index (χ0v) is 17.1. The minimum atomic E-state index is -4.44. The highest BCUT2D eigenvalue weighted by atomic mass is 32.2. The van der Waals surface area contributed by atoms with E-state index in [1.54, 1.807) is 0 Å². The largest absolute Gasteiger partial charge is 0.477 e. The summed E-state index contributed by atoms with van der Waals surface area (Å²) in [5.74, 6) is -3.54. The molecule has 2 heterocycles. The number of hydrogen-bond acceptors (Lipinski definition) is 7. The number of carbonyl (C=O) groups is 3. The highest BCUT2D eigenvalue weighted by molar-refractivity contribution is 7.85. The van der Waals surface area contributed by atoms with Gasteiger partial charge in [-0.2, -0.15) is 13.5 Å². The van der Waals surface area contributed by atoms with Crippen molar-refractivity contribution in [1.29, 1.82) is 0 Å². The van der Waals surface area contributed by atoms with E-state index in [4.69, 9.17) is 9.66 Å². The first-order valence-electron chi connectivity index (χ1n) is 8.83. The van der Waals surface area contributed by atoms with Crippen LogP contribution in [-0.2, 0) is 19.7 Å². The normalized spacial score (nSPS) is 15.4. The molecule has 1 aliphatic heterocycles. The van der Waals surface area contributed by atoms with Crippen LogP contribution in [0, 0.1) is 0 Å². The van der Waals surface area contributed by atoms with E-state index in [9.17, 15) is 32.7 Å². The molecule has 0 saturated carbocycles. The Morgan fingerprint density at radius 2 is 1.67 bits per heavy atom. The number of nitrogens with one attached hydrogen (secondary N) is 2. The number of allylic oxidation sites excluding steroid dienone is 4. The number of hydrogen-bond donors (Lipinski definition) is 5. The highest BCUT2D eigenvalue weighted by Crippen LogP contribution is 2.14. The fraction of sp³-hybridized carbons (Fsp3) is 0. The van der Waals surface area contributed by atoms with E-state index in [0.717, 1.165) is 16.8 Å². The van der Waals surface area contributed by atoms with E-state index >= 15 is 0 Å². The van der Waals surface area contributed by atoms with Crippen LogP contribution in [0.25, 0.3) is 11.8 Å². The van der Waals surface area contributed by atoms with E-state index in [2.05, 4.69) is 10.2 Å². The van der Waals surface area contributed by atoms with E-state index in [-0.39, 0.29) is 16.8 Å². The molecule has 0 saturated heterocycles. The predicted octanol–water partition coefficient (Wildman–Crippen LogP) is 0.177. The molecule has 3 rings (SSSR count). The smallest absolute Gasteiger partial charge is 0.357 e. The van der Waals surface area contributed by atoms with Crippen LogP contribution in [0.5, 0.6) is 0 Å². The van der Waals surface area contributed by atoms with Crippen molar-refractivity contribution in [3.8, 4) is 5.69 Å². The number of amides is 1. The van der Waals surface area contributed by atoms with E-state index in [1.807, 2.05) is 5.43 Å². The summed E-state index contributed by atoms with van der Waals surface area (Å²) in [6.45, 7) is 0. The number of aromatic amines is 1. The van der Waals surface area contributed by atoms with Crippen molar-refractivity contribution in [2.75, 3.05) is 0 Å². The summed E-state index contributed by atoms with van der Waals surface area (Å²) < 4.78 is 32.2. The lowest BCUT2D eigenvalue weighted by Gasteiger charge is -2.02. The van der Waals surface area contributed by atoms with Gasteiger partial charge in [0.15, 0.2) is 11.4 Å². The lowest BCUT2D eigenvalue weighted by atomic mass is 10.1. The predicted molar refractivity (Wildman–Crippen MR) is 113 cm³/mol. The van der Waals surface area contributed by atoms with Gasteiger partial charge < -0.3 is 10.2 Å². The Labute approximate surface area is 184 Å². The van der Waals surface area contributed by atoms with Crippen LogP contribution < -0.4 is 11.0 Å². The second kappa shape index (κ2) is 8.89. The summed E-state index contributed by atoms with van der Waals surface area (Å²) in [5, 5.41) is 24.1. The third kappa shape index (κ3) is 4.86. The van der Waals surface area contributed by atoms with Gasteiger partial charge in [-0.15, -0.1) is 0 Å². The van der Waals surface area contributed by atoms with Crippen LogP contribution in [0.15, 0.2) is 68.9 Å². The van der Waals surface area contributed by atoms with Crippen molar-refractivity contribution in [2.24, 2.45) is 5.10 Å². The summed E-state index contributed by atoms with van der Waals surface area (Å²) in [5.41, 5.74) is 0.0416. The first-order chi connectivity index (χ1) is 15.5. The molecule has 0 radical (unpaired) electrons. The third-order valence-electron chi connectivity index (χ3n) is 4.25. The maximum absolute atomic E-state index is 12.7. The van der Waals surface area contributed by atoms with E-state index in [0.29, 0.717) is 0 Å². The first kappa shape index (κ1) is 23.1. The quantitative estimate of drug-likeness (QED) is 0.210. The second-order valence-corrected chi connectivity index (χ2v) is 7.77.